The Labute approximate surface area is 144 Å². The van der Waals surface area contributed by atoms with Crippen LogP contribution in [0.1, 0.15) is 0 Å². The van der Waals surface area contributed by atoms with E-state index in [4.69, 9.17) is 9.47 Å². The van der Waals surface area contributed by atoms with Crippen LogP contribution in [-0.4, -0.2) is 33.6 Å². The van der Waals surface area contributed by atoms with Crippen molar-refractivity contribution in [1.29, 1.82) is 0 Å². The molecule has 2 aromatic rings. The fourth-order valence-electron chi connectivity index (χ4n) is 1.61. The zero-order valence-electron chi connectivity index (χ0n) is 12.9. The summed E-state index contributed by atoms with van der Waals surface area (Å²) in [6.07, 6.45) is 0. The number of ether oxygens (including phenoxy) is 2. The van der Waals surface area contributed by atoms with Crippen LogP contribution < -0.4 is 9.47 Å². The minimum atomic E-state index is -4.85. The lowest BCUT2D eigenvalue weighted by atomic mass is 10.3. The Bertz CT molecular complexity index is 739. The van der Waals surface area contributed by atoms with Gasteiger partial charge in [-0.05, 0) is 24.3 Å². The molecule has 0 aliphatic heterocycles. The molecule has 0 heterocycles. The predicted molar refractivity (Wildman–Crippen MR) is 85.0 cm³/mol. The molecule has 0 aromatic heterocycles. The molecule has 2 rings (SSSR count). The molecule has 0 aliphatic carbocycles. The zero-order chi connectivity index (χ0) is 18.1. The number of carbonyl (C=O) groups excluding carboxylic acids is 2. The van der Waals surface area contributed by atoms with E-state index < -0.39 is 35.6 Å². The van der Waals surface area contributed by atoms with E-state index in [1.807, 2.05) is 0 Å². The first kappa shape index (κ1) is 18.3. The Morgan fingerprint density at radius 2 is 1.04 bits per heavy atom. The highest BCUT2D eigenvalue weighted by molar-refractivity contribution is 7.82. The molecule has 0 radical (unpaired) electrons. The average Bonchev–Trinajstić information content (AvgIpc) is 2.59. The number of carbonyl (C=O) groups is 2. The van der Waals surface area contributed by atoms with Crippen LogP contribution in [0.5, 0.6) is 11.5 Å². The number of para-hydroxylation sites is 2. The van der Waals surface area contributed by atoms with Crippen LogP contribution in [0.2, 0.25) is 0 Å². The van der Waals surface area contributed by atoms with Gasteiger partial charge in [-0.3, -0.25) is 0 Å². The fraction of sp³-hybridized carbons (Fsp3) is 0.125. The predicted octanol–water partition coefficient (Wildman–Crippen LogP) is 1.48. The third kappa shape index (κ3) is 6.92. The SMILES string of the molecule is O=C(COc1ccccc1)OS(=O)(=O)OC(=O)COc1ccccc1. The lowest BCUT2D eigenvalue weighted by Crippen LogP contribution is -2.25. The Morgan fingerprint density at radius 3 is 1.40 bits per heavy atom. The molecule has 0 unspecified atom stereocenters. The van der Waals surface area contributed by atoms with Crippen molar-refractivity contribution in [2.75, 3.05) is 13.2 Å². The van der Waals surface area contributed by atoms with E-state index in [1.165, 1.54) is 0 Å². The maximum atomic E-state index is 11.5. The van der Waals surface area contributed by atoms with Crippen LogP contribution in [0.25, 0.3) is 0 Å². The maximum Gasteiger partial charge on any atom is 0.506 e. The van der Waals surface area contributed by atoms with E-state index in [2.05, 4.69) is 8.37 Å². The Hall–Kier alpha value is -3.07. The number of benzene rings is 2. The summed E-state index contributed by atoms with van der Waals surface area (Å²) >= 11 is 0. The van der Waals surface area contributed by atoms with E-state index in [9.17, 15) is 18.0 Å². The molecule has 0 spiro atoms. The van der Waals surface area contributed by atoms with Gasteiger partial charge in [-0.15, -0.1) is 8.42 Å². The fourth-order valence-corrected chi connectivity index (χ4v) is 2.20. The first-order chi connectivity index (χ1) is 11.9. The van der Waals surface area contributed by atoms with Crippen LogP contribution >= 0.6 is 0 Å². The van der Waals surface area contributed by atoms with Gasteiger partial charge in [-0.1, -0.05) is 36.4 Å². The molecule has 0 saturated carbocycles. The highest BCUT2D eigenvalue weighted by Gasteiger charge is 2.23. The summed E-state index contributed by atoms with van der Waals surface area (Å²) in [4.78, 5) is 22.9. The summed E-state index contributed by atoms with van der Waals surface area (Å²) in [6, 6.07) is 16.5. The smallest absolute Gasteiger partial charge is 0.482 e. The van der Waals surface area contributed by atoms with Gasteiger partial charge >= 0.3 is 22.3 Å². The van der Waals surface area contributed by atoms with Crippen molar-refractivity contribution in [2.45, 2.75) is 0 Å². The van der Waals surface area contributed by atoms with Crippen LogP contribution in [0.4, 0.5) is 0 Å². The monoisotopic (exact) mass is 366 g/mol. The third-order valence-electron chi connectivity index (χ3n) is 2.59. The van der Waals surface area contributed by atoms with Gasteiger partial charge in [-0.25, -0.2) is 9.59 Å². The van der Waals surface area contributed by atoms with Gasteiger partial charge < -0.3 is 17.8 Å². The molecule has 0 aliphatic rings. The Kier molecular flexibility index (Phi) is 6.35. The number of hydrogen-bond donors (Lipinski definition) is 0. The van der Waals surface area contributed by atoms with Crippen molar-refractivity contribution < 1.29 is 35.8 Å². The van der Waals surface area contributed by atoms with E-state index in [0.29, 0.717) is 11.5 Å². The van der Waals surface area contributed by atoms with Gasteiger partial charge in [0.05, 0.1) is 0 Å². The summed E-state index contributed by atoms with van der Waals surface area (Å²) in [6.45, 7) is -1.33. The lowest BCUT2D eigenvalue weighted by molar-refractivity contribution is -0.140. The highest BCUT2D eigenvalue weighted by Crippen LogP contribution is 2.10. The second-order valence-electron chi connectivity index (χ2n) is 4.52. The average molecular weight is 366 g/mol. The minimum absolute atomic E-state index is 0.352. The third-order valence-corrected chi connectivity index (χ3v) is 3.37. The van der Waals surface area contributed by atoms with E-state index in [0.717, 1.165) is 0 Å². The topological polar surface area (TPSA) is 105 Å². The van der Waals surface area contributed by atoms with E-state index >= 15 is 0 Å². The Morgan fingerprint density at radius 1 is 0.680 bits per heavy atom. The molecule has 8 nitrogen and oxygen atoms in total. The van der Waals surface area contributed by atoms with E-state index in [1.54, 1.807) is 60.7 Å². The van der Waals surface area contributed by atoms with Crippen LogP contribution in [0, 0.1) is 0 Å². The summed E-state index contributed by atoms with van der Waals surface area (Å²) in [5, 5.41) is 0. The number of hydrogen-bond acceptors (Lipinski definition) is 8. The lowest BCUT2D eigenvalue weighted by Gasteiger charge is -2.08. The molecular weight excluding hydrogens is 352 g/mol. The van der Waals surface area contributed by atoms with Gasteiger partial charge in [0.15, 0.2) is 13.2 Å². The van der Waals surface area contributed by atoms with Gasteiger partial charge in [0.1, 0.15) is 11.5 Å². The van der Waals surface area contributed by atoms with Crippen molar-refractivity contribution in [3.8, 4) is 11.5 Å². The van der Waals surface area contributed by atoms with Gasteiger partial charge in [0.2, 0.25) is 0 Å². The molecule has 0 atom stereocenters. The van der Waals surface area contributed by atoms with Gasteiger partial charge in [0, 0.05) is 0 Å². The molecule has 0 amide bonds. The molecule has 0 bridgehead atoms. The summed E-state index contributed by atoms with van der Waals surface area (Å²) in [5.74, 6) is -1.77. The maximum absolute atomic E-state index is 11.5. The van der Waals surface area contributed by atoms with Crippen molar-refractivity contribution in [3.63, 3.8) is 0 Å². The molecule has 25 heavy (non-hydrogen) atoms. The first-order valence-corrected chi connectivity index (χ1v) is 8.33. The zero-order valence-corrected chi connectivity index (χ0v) is 13.7. The summed E-state index contributed by atoms with van der Waals surface area (Å²) < 4.78 is 41.2. The Balaban J connectivity index is 1.76. The van der Waals surface area contributed by atoms with Gasteiger partial charge in [-0.2, -0.15) is 0 Å². The van der Waals surface area contributed by atoms with Crippen LogP contribution in [-0.2, 0) is 28.4 Å². The molecule has 0 N–H and O–H groups in total. The molecule has 132 valence electrons. The molecule has 2 aromatic carbocycles. The minimum Gasteiger partial charge on any atom is -0.482 e. The standard InChI is InChI=1S/C16H14O8S/c17-15(11-21-13-7-3-1-4-8-13)23-25(19,20)24-16(18)12-22-14-9-5-2-6-10-14/h1-10H,11-12H2. The largest absolute Gasteiger partial charge is 0.506 e. The van der Waals surface area contributed by atoms with Crippen molar-refractivity contribution >= 4 is 22.3 Å². The number of rotatable bonds is 8. The second kappa shape index (κ2) is 8.69. The van der Waals surface area contributed by atoms with Crippen LogP contribution in [0.3, 0.4) is 0 Å². The molecule has 0 fully saturated rings. The quantitative estimate of drug-likeness (QED) is 0.692. The van der Waals surface area contributed by atoms with Crippen LogP contribution in [0.15, 0.2) is 60.7 Å². The molecular formula is C16H14O8S. The second-order valence-corrected chi connectivity index (χ2v) is 5.67. The van der Waals surface area contributed by atoms with Crippen molar-refractivity contribution in [1.82, 2.24) is 0 Å². The highest BCUT2D eigenvalue weighted by atomic mass is 32.3. The summed E-state index contributed by atoms with van der Waals surface area (Å²) in [7, 11) is -4.85. The van der Waals surface area contributed by atoms with Crippen molar-refractivity contribution in [3.05, 3.63) is 60.7 Å². The summed E-state index contributed by atoms with van der Waals surface area (Å²) in [5.41, 5.74) is 0. The molecule has 0 saturated heterocycles. The van der Waals surface area contributed by atoms with E-state index in [-0.39, 0.29) is 0 Å². The molecule has 9 heteroatoms. The first-order valence-electron chi connectivity index (χ1n) is 7.00. The van der Waals surface area contributed by atoms with Crippen molar-refractivity contribution in [2.24, 2.45) is 0 Å². The van der Waals surface area contributed by atoms with Gasteiger partial charge in [0.25, 0.3) is 0 Å². The normalized spacial score (nSPS) is 10.6.